The number of benzene rings is 2. The van der Waals surface area contributed by atoms with Crippen molar-refractivity contribution in [1.29, 1.82) is 0 Å². The summed E-state index contributed by atoms with van der Waals surface area (Å²) in [6.45, 7) is 7.80. The molecule has 0 N–H and O–H groups in total. The number of rotatable bonds is 1. The van der Waals surface area contributed by atoms with E-state index in [-0.39, 0.29) is 0 Å². The number of hydrogen-bond acceptors (Lipinski definition) is 0. The van der Waals surface area contributed by atoms with Crippen LogP contribution < -0.4 is 0 Å². The van der Waals surface area contributed by atoms with Crippen LogP contribution in [0.3, 0.4) is 0 Å². The molecule has 0 radical (unpaired) electrons. The van der Waals surface area contributed by atoms with Crippen LogP contribution in [0.15, 0.2) is 77.9 Å². The van der Waals surface area contributed by atoms with Gasteiger partial charge in [-0.2, -0.15) is 0 Å². The minimum Gasteiger partial charge on any atom is -0.0814 e. The monoisotopic (exact) mass is 420 g/mol. The van der Waals surface area contributed by atoms with Gasteiger partial charge in [-0.05, 0) is 101 Å². The van der Waals surface area contributed by atoms with Gasteiger partial charge in [-0.25, -0.2) is 0 Å². The predicted molar refractivity (Wildman–Crippen MR) is 135 cm³/mol. The average molecular weight is 421 g/mol. The molecule has 0 aliphatic heterocycles. The maximum Gasteiger partial charge on any atom is 0.00180 e. The van der Waals surface area contributed by atoms with Crippen LogP contribution in [-0.2, 0) is 0 Å². The Labute approximate surface area is 193 Å². The van der Waals surface area contributed by atoms with Crippen molar-refractivity contribution in [1.82, 2.24) is 0 Å². The van der Waals surface area contributed by atoms with Crippen molar-refractivity contribution >= 4 is 10.8 Å². The van der Waals surface area contributed by atoms with E-state index in [9.17, 15) is 0 Å². The Bertz CT molecular complexity index is 1230. The number of fused-ring (bicyclic) bond motifs is 2. The van der Waals surface area contributed by atoms with Crippen LogP contribution in [0.4, 0.5) is 0 Å². The van der Waals surface area contributed by atoms with Gasteiger partial charge < -0.3 is 0 Å². The van der Waals surface area contributed by atoms with Gasteiger partial charge in [0.15, 0.2) is 0 Å². The summed E-state index contributed by atoms with van der Waals surface area (Å²) in [5, 5.41) is 2.77. The SMILES string of the molecule is C[C@@H]1C=CC2=CC3=CC[C@]4(C)[C@@H](c5ccc6ccccc6c5)CC[C@@]4(C)C34CC[C@]2(C1)C4. The molecule has 5 aliphatic rings. The molecule has 2 spiro atoms. The van der Waals surface area contributed by atoms with E-state index in [1.165, 1.54) is 55.7 Å². The van der Waals surface area contributed by atoms with Crippen LogP contribution in [0.2, 0.25) is 0 Å². The van der Waals surface area contributed by atoms with Gasteiger partial charge in [-0.15, -0.1) is 0 Å². The summed E-state index contributed by atoms with van der Waals surface area (Å²) in [5.41, 5.74) is 6.51. The van der Waals surface area contributed by atoms with Crippen LogP contribution in [0.1, 0.15) is 77.2 Å². The lowest BCUT2D eigenvalue weighted by Gasteiger charge is -2.61. The molecule has 5 aliphatic carbocycles. The molecule has 6 atom stereocenters. The van der Waals surface area contributed by atoms with Gasteiger partial charge in [0.1, 0.15) is 0 Å². The molecule has 2 fully saturated rings. The topological polar surface area (TPSA) is 0 Å². The molecule has 2 aromatic rings. The van der Waals surface area contributed by atoms with Gasteiger partial charge in [0.25, 0.3) is 0 Å². The first-order valence-electron chi connectivity index (χ1n) is 13.0. The molecule has 0 heterocycles. The van der Waals surface area contributed by atoms with Crippen LogP contribution in [0, 0.1) is 27.6 Å². The lowest BCUT2D eigenvalue weighted by molar-refractivity contribution is -0.0396. The van der Waals surface area contributed by atoms with E-state index in [1.807, 2.05) is 0 Å². The highest BCUT2D eigenvalue weighted by Gasteiger charge is 2.70. The fourth-order valence-electron chi connectivity index (χ4n) is 9.53. The van der Waals surface area contributed by atoms with Gasteiger partial charge in [0.2, 0.25) is 0 Å². The van der Waals surface area contributed by atoms with Crippen molar-refractivity contribution in [2.24, 2.45) is 27.6 Å². The molecule has 32 heavy (non-hydrogen) atoms. The molecule has 1 unspecified atom stereocenters. The Morgan fingerprint density at radius 1 is 0.906 bits per heavy atom. The van der Waals surface area contributed by atoms with Crippen molar-refractivity contribution < 1.29 is 0 Å². The standard InChI is InChI=1S/C32H36/c1-22-8-11-26-19-27-12-14-29(2)28(25-10-9-23-6-4-5-7-24(23)18-25)13-15-30(29,3)32(27)17-16-31(26,20-22)21-32/h4-12,18-19,22,28H,13-17,20-21H2,1-3H3/t22-,28-,29-,30-,31+,32?/m1/s1. The fourth-order valence-corrected chi connectivity index (χ4v) is 9.53. The minimum atomic E-state index is 0.339. The summed E-state index contributed by atoms with van der Waals surface area (Å²) >= 11 is 0. The highest BCUT2D eigenvalue weighted by molar-refractivity contribution is 5.83. The van der Waals surface area contributed by atoms with Gasteiger partial charge in [-0.3, -0.25) is 0 Å². The quantitative estimate of drug-likeness (QED) is 0.432. The first-order chi connectivity index (χ1) is 15.4. The molecule has 0 aromatic heterocycles. The van der Waals surface area contributed by atoms with Gasteiger partial charge in [0, 0.05) is 5.41 Å². The third kappa shape index (κ3) is 2.15. The second kappa shape index (κ2) is 6.07. The summed E-state index contributed by atoms with van der Waals surface area (Å²) in [6, 6.07) is 16.2. The van der Waals surface area contributed by atoms with Crippen LogP contribution in [0.25, 0.3) is 10.8 Å². The molecule has 0 amide bonds. The molecular formula is C32H36. The molecule has 2 bridgehead atoms. The summed E-state index contributed by atoms with van der Waals surface area (Å²) in [4.78, 5) is 0. The molecule has 2 saturated carbocycles. The Kier molecular flexibility index (Phi) is 3.68. The first-order valence-corrected chi connectivity index (χ1v) is 13.0. The zero-order valence-corrected chi connectivity index (χ0v) is 20.0. The Hall–Kier alpha value is -2.08. The Balaban J connectivity index is 1.35. The molecule has 164 valence electrons. The van der Waals surface area contributed by atoms with Crippen molar-refractivity contribution in [2.75, 3.05) is 0 Å². The van der Waals surface area contributed by atoms with E-state index in [0.29, 0.717) is 27.6 Å². The minimum absolute atomic E-state index is 0.339. The van der Waals surface area contributed by atoms with E-state index >= 15 is 0 Å². The van der Waals surface area contributed by atoms with Crippen molar-refractivity contribution in [3.8, 4) is 0 Å². The van der Waals surface area contributed by atoms with Crippen molar-refractivity contribution in [2.45, 2.75) is 71.6 Å². The molecule has 0 heteroatoms. The molecule has 2 aromatic carbocycles. The normalized spacial score (nSPS) is 44.0. The third-order valence-electron chi connectivity index (χ3n) is 11.4. The molecule has 0 nitrogen and oxygen atoms in total. The third-order valence-corrected chi connectivity index (χ3v) is 11.4. The fraction of sp³-hybridized carbons (Fsp3) is 0.500. The summed E-state index contributed by atoms with van der Waals surface area (Å²) in [5.74, 6) is 1.39. The molecule has 7 rings (SSSR count). The second-order valence-electron chi connectivity index (χ2n) is 12.5. The summed E-state index contributed by atoms with van der Waals surface area (Å²) in [6.07, 6.45) is 19.8. The largest absolute Gasteiger partial charge is 0.0814 e. The predicted octanol–water partition coefficient (Wildman–Crippen LogP) is 8.75. The second-order valence-corrected chi connectivity index (χ2v) is 12.5. The maximum atomic E-state index is 2.71. The Morgan fingerprint density at radius 2 is 1.75 bits per heavy atom. The smallest absolute Gasteiger partial charge is 0.00180 e. The van der Waals surface area contributed by atoms with Crippen molar-refractivity contribution in [3.63, 3.8) is 0 Å². The summed E-state index contributed by atoms with van der Waals surface area (Å²) in [7, 11) is 0. The lowest BCUT2D eigenvalue weighted by Crippen LogP contribution is -2.52. The van der Waals surface area contributed by atoms with E-state index in [2.05, 4.69) is 87.5 Å². The maximum absolute atomic E-state index is 2.71. The van der Waals surface area contributed by atoms with E-state index in [0.717, 1.165) is 5.92 Å². The summed E-state index contributed by atoms with van der Waals surface area (Å²) < 4.78 is 0. The van der Waals surface area contributed by atoms with Gasteiger partial charge in [0.05, 0.1) is 0 Å². The zero-order chi connectivity index (χ0) is 21.8. The van der Waals surface area contributed by atoms with Crippen LogP contribution in [-0.4, -0.2) is 0 Å². The molecular weight excluding hydrogens is 384 g/mol. The molecule has 0 saturated heterocycles. The highest BCUT2D eigenvalue weighted by atomic mass is 14.7. The van der Waals surface area contributed by atoms with E-state index in [4.69, 9.17) is 0 Å². The average Bonchev–Trinajstić information content (AvgIpc) is 3.26. The van der Waals surface area contributed by atoms with Crippen LogP contribution in [0.5, 0.6) is 0 Å². The number of allylic oxidation sites excluding steroid dienone is 6. The van der Waals surface area contributed by atoms with Crippen molar-refractivity contribution in [3.05, 3.63) is 83.5 Å². The Morgan fingerprint density at radius 3 is 2.62 bits per heavy atom. The zero-order valence-electron chi connectivity index (χ0n) is 20.0. The van der Waals surface area contributed by atoms with E-state index < -0.39 is 0 Å². The lowest BCUT2D eigenvalue weighted by atomic mass is 9.43. The van der Waals surface area contributed by atoms with E-state index in [1.54, 1.807) is 16.7 Å². The number of hydrogen-bond donors (Lipinski definition) is 0. The van der Waals surface area contributed by atoms with Gasteiger partial charge in [-0.1, -0.05) is 87.5 Å². The van der Waals surface area contributed by atoms with Gasteiger partial charge >= 0.3 is 0 Å². The highest BCUT2D eigenvalue weighted by Crippen LogP contribution is 2.79. The first kappa shape index (κ1) is 19.4. The van der Waals surface area contributed by atoms with Crippen LogP contribution >= 0.6 is 0 Å².